The smallest absolute Gasteiger partial charge is 0.251 e. The van der Waals surface area contributed by atoms with Gasteiger partial charge in [-0.1, -0.05) is 13.0 Å². The zero-order chi connectivity index (χ0) is 16.8. The summed E-state index contributed by atoms with van der Waals surface area (Å²) in [6.07, 6.45) is 4.44. The minimum Gasteiger partial charge on any atom is -0.488 e. The van der Waals surface area contributed by atoms with Gasteiger partial charge in [-0.3, -0.25) is 9.78 Å². The van der Waals surface area contributed by atoms with Crippen LogP contribution in [0.25, 0.3) is 0 Å². The molecule has 122 valence electrons. The van der Waals surface area contributed by atoms with Crippen LogP contribution in [-0.2, 0) is 6.61 Å². The van der Waals surface area contributed by atoms with Crippen molar-refractivity contribution < 1.29 is 9.53 Å². The van der Waals surface area contributed by atoms with Gasteiger partial charge in [-0.25, -0.2) is 0 Å². The molecule has 0 bridgehead atoms. The number of aromatic nitrogens is 1. The van der Waals surface area contributed by atoms with Crippen molar-refractivity contribution >= 4 is 5.91 Å². The van der Waals surface area contributed by atoms with Crippen LogP contribution in [0.4, 0.5) is 0 Å². The van der Waals surface area contributed by atoms with Crippen LogP contribution in [0, 0.1) is 13.8 Å². The lowest BCUT2D eigenvalue weighted by Gasteiger charge is -2.16. The van der Waals surface area contributed by atoms with Crippen molar-refractivity contribution in [3.8, 4) is 5.75 Å². The average molecular weight is 312 g/mol. The van der Waals surface area contributed by atoms with Gasteiger partial charge in [-0.2, -0.15) is 0 Å². The van der Waals surface area contributed by atoms with Gasteiger partial charge in [-0.15, -0.1) is 0 Å². The number of hydrogen-bond donors (Lipinski definition) is 1. The predicted molar refractivity (Wildman–Crippen MR) is 91.7 cm³/mol. The Hall–Kier alpha value is -2.36. The van der Waals surface area contributed by atoms with Crippen molar-refractivity contribution in [1.82, 2.24) is 10.3 Å². The number of hydrogen-bond acceptors (Lipinski definition) is 3. The normalized spacial score (nSPS) is 11.8. The summed E-state index contributed by atoms with van der Waals surface area (Å²) >= 11 is 0. The van der Waals surface area contributed by atoms with Crippen LogP contribution in [0.5, 0.6) is 5.75 Å². The van der Waals surface area contributed by atoms with Gasteiger partial charge in [-0.05, 0) is 56.5 Å². The zero-order valence-electron chi connectivity index (χ0n) is 14.2. The monoisotopic (exact) mass is 312 g/mol. The van der Waals surface area contributed by atoms with E-state index in [9.17, 15) is 4.79 Å². The Morgan fingerprint density at radius 2 is 2.00 bits per heavy atom. The van der Waals surface area contributed by atoms with Crippen molar-refractivity contribution in [3.05, 3.63) is 58.9 Å². The number of ether oxygens (including phenoxy) is 1. The van der Waals surface area contributed by atoms with E-state index >= 15 is 0 Å². The van der Waals surface area contributed by atoms with Crippen LogP contribution < -0.4 is 10.1 Å². The molecule has 2 aromatic rings. The molecule has 4 nitrogen and oxygen atoms in total. The molecule has 1 aromatic heterocycles. The molecule has 2 rings (SSSR count). The summed E-state index contributed by atoms with van der Waals surface area (Å²) in [7, 11) is 0. The molecule has 1 aromatic carbocycles. The van der Waals surface area contributed by atoms with Crippen molar-refractivity contribution in [1.29, 1.82) is 0 Å². The van der Waals surface area contributed by atoms with Crippen LogP contribution in [0.2, 0.25) is 0 Å². The Labute approximate surface area is 137 Å². The maximum atomic E-state index is 12.2. The molecular weight excluding hydrogens is 288 g/mol. The molecule has 1 heterocycles. The second-order valence-corrected chi connectivity index (χ2v) is 5.87. The predicted octanol–water partition coefficient (Wildman–Crippen LogP) is 3.81. The SMILES string of the molecule is CCC(C)NC(=O)c1cc(C)c(OCc2cccnc2)c(C)c1. The lowest BCUT2D eigenvalue weighted by atomic mass is 10.0. The Kier molecular flexibility index (Phi) is 5.74. The molecule has 1 N–H and O–H groups in total. The summed E-state index contributed by atoms with van der Waals surface area (Å²) in [5, 5.41) is 2.99. The van der Waals surface area contributed by atoms with Gasteiger partial charge in [0.25, 0.3) is 5.91 Å². The molecule has 0 spiro atoms. The van der Waals surface area contributed by atoms with Crippen LogP contribution >= 0.6 is 0 Å². The molecule has 1 unspecified atom stereocenters. The number of benzene rings is 1. The summed E-state index contributed by atoms with van der Waals surface area (Å²) < 4.78 is 5.92. The molecule has 1 atom stereocenters. The maximum absolute atomic E-state index is 12.2. The van der Waals surface area contributed by atoms with E-state index in [0.717, 1.165) is 28.9 Å². The molecule has 0 fully saturated rings. The van der Waals surface area contributed by atoms with E-state index in [1.54, 1.807) is 12.4 Å². The van der Waals surface area contributed by atoms with Crippen molar-refractivity contribution in [3.63, 3.8) is 0 Å². The van der Waals surface area contributed by atoms with Crippen LogP contribution in [0.3, 0.4) is 0 Å². The fourth-order valence-electron chi connectivity index (χ4n) is 2.36. The number of amides is 1. The first-order valence-electron chi connectivity index (χ1n) is 7.95. The van der Waals surface area contributed by atoms with Crippen molar-refractivity contribution in [2.45, 2.75) is 46.8 Å². The zero-order valence-corrected chi connectivity index (χ0v) is 14.2. The second-order valence-electron chi connectivity index (χ2n) is 5.87. The van der Waals surface area contributed by atoms with Gasteiger partial charge in [0.2, 0.25) is 0 Å². The second kappa shape index (κ2) is 7.77. The molecule has 1 amide bonds. The van der Waals surface area contributed by atoms with E-state index in [1.807, 2.05) is 45.0 Å². The summed E-state index contributed by atoms with van der Waals surface area (Å²) in [4.78, 5) is 16.3. The summed E-state index contributed by atoms with van der Waals surface area (Å²) in [6, 6.07) is 7.79. The minimum absolute atomic E-state index is 0.0376. The summed E-state index contributed by atoms with van der Waals surface area (Å²) in [6.45, 7) is 8.45. The number of carbonyl (C=O) groups is 1. The fourth-order valence-corrected chi connectivity index (χ4v) is 2.36. The third-order valence-corrected chi connectivity index (χ3v) is 3.82. The minimum atomic E-state index is -0.0376. The molecule has 0 saturated heterocycles. The van der Waals surface area contributed by atoms with Crippen molar-refractivity contribution in [2.24, 2.45) is 0 Å². The number of carbonyl (C=O) groups excluding carboxylic acids is 1. The molecule has 0 aliphatic heterocycles. The third-order valence-electron chi connectivity index (χ3n) is 3.82. The first-order valence-corrected chi connectivity index (χ1v) is 7.95. The van der Waals surface area contributed by atoms with Crippen LogP contribution in [0.15, 0.2) is 36.7 Å². The molecule has 0 aliphatic rings. The van der Waals surface area contributed by atoms with Gasteiger partial charge in [0.15, 0.2) is 0 Å². The quantitative estimate of drug-likeness (QED) is 0.882. The molecule has 0 saturated carbocycles. The highest BCUT2D eigenvalue weighted by Crippen LogP contribution is 2.25. The highest BCUT2D eigenvalue weighted by molar-refractivity contribution is 5.95. The topological polar surface area (TPSA) is 51.2 Å². The first-order chi connectivity index (χ1) is 11.0. The van der Waals surface area contributed by atoms with Crippen LogP contribution in [0.1, 0.15) is 47.3 Å². The highest BCUT2D eigenvalue weighted by atomic mass is 16.5. The van der Waals surface area contributed by atoms with Crippen LogP contribution in [-0.4, -0.2) is 16.9 Å². The lowest BCUT2D eigenvalue weighted by molar-refractivity contribution is 0.0939. The number of aryl methyl sites for hydroxylation is 2. The number of nitrogens with zero attached hydrogens (tertiary/aromatic N) is 1. The summed E-state index contributed by atoms with van der Waals surface area (Å²) in [5.74, 6) is 0.790. The summed E-state index contributed by atoms with van der Waals surface area (Å²) in [5.41, 5.74) is 3.62. The Balaban J connectivity index is 2.12. The van der Waals surface area contributed by atoms with Gasteiger partial charge < -0.3 is 10.1 Å². The van der Waals surface area contributed by atoms with Gasteiger partial charge in [0.1, 0.15) is 12.4 Å². The van der Waals surface area contributed by atoms with Gasteiger partial charge in [0.05, 0.1) is 0 Å². The van der Waals surface area contributed by atoms with Gasteiger partial charge in [0, 0.05) is 29.6 Å². The largest absolute Gasteiger partial charge is 0.488 e. The highest BCUT2D eigenvalue weighted by Gasteiger charge is 2.13. The average Bonchev–Trinajstić information content (AvgIpc) is 2.54. The fraction of sp³-hybridized carbons (Fsp3) is 0.368. The Morgan fingerprint density at radius 1 is 1.30 bits per heavy atom. The van der Waals surface area contributed by atoms with E-state index < -0.39 is 0 Å². The van der Waals surface area contributed by atoms with E-state index in [0.29, 0.717) is 12.2 Å². The number of nitrogens with one attached hydrogen (secondary N) is 1. The lowest BCUT2D eigenvalue weighted by Crippen LogP contribution is -2.32. The molecule has 0 aliphatic carbocycles. The Morgan fingerprint density at radius 3 is 2.57 bits per heavy atom. The standard InChI is InChI=1S/C19H24N2O2/c1-5-15(4)21-19(22)17-9-13(2)18(14(3)10-17)23-12-16-7-6-8-20-11-16/h6-11,15H,5,12H2,1-4H3,(H,21,22). The Bertz CT molecular complexity index is 645. The van der Waals surface area contributed by atoms with E-state index in [4.69, 9.17) is 4.74 Å². The molecule has 23 heavy (non-hydrogen) atoms. The molecular formula is C19H24N2O2. The third kappa shape index (κ3) is 4.55. The first kappa shape index (κ1) is 17.0. The molecule has 4 heteroatoms. The number of rotatable bonds is 6. The van der Waals surface area contributed by atoms with E-state index in [1.165, 1.54) is 0 Å². The van der Waals surface area contributed by atoms with Crippen molar-refractivity contribution in [2.75, 3.05) is 0 Å². The number of pyridine rings is 1. The van der Waals surface area contributed by atoms with E-state index in [2.05, 4.69) is 17.2 Å². The van der Waals surface area contributed by atoms with E-state index in [-0.39, 0.29) is 11.9 Å². The molecule has 0 radical (unpaired) electrons. The maximum Gasteiger partial charge on any atom is 0.251 e. The van der Waals surface area contributed by atoms with Gasteiger partial charge >= 0.3 is 0 Å².